The minimum absolute atomic E-state index is 0.278. The molecule has 0 aromatic heterocycles. The van der Waals surface area contributed by atoms with Crippen LogP contribution < -0.4 is 0 Å². The fourth-order valence-corrected chi connectivity index (χ4v) is 0.0833. The lowest BCUT2D eigenvalue weighted by atomic mass is 10.7. The van der Waals surface area contributed by atoms with Crippen LogP contribution in [0.15, 0.2) is 0 Å². The Labute approximate surface area is 63.4 Å². The van der Waals surface area contributed by atoms with Crippen molar-refractivity contribution in [3.8, 4) is 0 Å². The van der Waals surface area contributed by atoms with Crippen molar-refractivity contribution in [1.82, 2.24) is 0 Å². The maximum atomic E-state index is 8.35. The van der Waals surface area contributed by atoms with Crippen LogP contribution in [0.5, 0.6) is 0 Å². The number of isocyanates is 1. The van der Waals surface area contributed by atoms with E-state index in [9.17, 15) is 0 Å². The first-order valence-electron chi connectivity index (χ1n) is 2.68. The van der Waals surface area contributed by atoms with Gasteiger partial charge in [0.1, 0.15) is 5.41 Å². The molecule has 0 saturated heterocycles. The fraction of sp³-hybridized carbons (Fsp3) is 0.800. The molecule has 60 valence electrons. The van der Waals surface area contributed by atoms with E-state index in [1.165, 1.54) is 0 Å². The number of hydrogen-bond donors (Lipinski definition) is 1. The molecular formula is C5H13NO3Si. The second-order valence-electron chi connectivity index (χ2n) is 1.91. The Morgan fingerprint density at radius 2 is 1.70 bits per heavy atom. The van der Waals surface area contributed by atoms with Crippen molar-refractivity contribution in [3.63, 3.8) is 0 Å². The molecule has 0 unspecified atom stereocenters. The first-order chi connectivity index (χ1) is 4.54. The summed E-state index contributed by atoms with van der Waals surface area (Å²) < 4.78 is 9.85. The van der Waals surface area contributed by atoms with Crippen molar-refractivity contribution in [2.75, 3.05) is 14.2 Å². The van der Waals surface area contributed by atoms with Crippen LogP contribution >= 0.6 is 0 Å². The Kier molecular flexibility index (Phi) is 8.11. The molecule has 4 nitrogen and oxygen atoms in total. The number of hydrogen-bond acceptors (Lipinski definition) is 4. The van der Waals surface area contributed by atoms with E-state index in [0.717, 1.165) is 16.3 Å². The van der Waals surface area contributed by atoms with E-state index < -0.39 is 0 Å². The summed E-state index contributed by atoms with van der Waals surface area (Å²) in [5.41, 5.74) is -0.278. The Morgan fingerprint density at radius 1 is 1.50 bits per heavy atom. The number of rotatable bonds is 2. The third kappa shape index (κ3) is 10.5. The SMILES string of the molecule is COC(C)([SiH3])OC.N=C=O. The van der Waals surface area contributed by atoms with E-state index in [4.69, 9.17) is 19.7 Å². The zero-order valence-corrected chi connectivity index (χ0v) is 8.72. The van der Waals surface area contributed by atoms with Crippen molar-refractivity contribution < 1.29 is 14.3 Å². The average Bonchev–Trinajstić information content (AvgIpc) is 1.90. The van der Waals surface area contributed by atoms with Crippen LogP contribution in [0.1, 0.15) is 6.92 Å². The zero-order chi connectivity index (χ0) is 8.62. The molecular weight excluding hydrogens is 150 g/mol. The van der Waals surface area contributed by atoms with Gasteiger partial charge in [0.05, 0.1) is 10.2 Å². The molecule has 10 heavy (non-hydrogen) atoms. The van der Waals surface area contributed by atoms with Gasteiger partial charge in [-0.05, 0) is 6.92 Å². The first kappa shape index (κ1) is 12.2. The highest BCUT2D eigenvalue weighted by molar-refractivity contribution is 6.13. The van der Waals surface area contributed by atoms with Gasteiger partial charge in [0.15, 0.2) is 0 Å². The van der Waals surface area contributed by atoms with Gasteiger partial charge >= 0.3 is 0 Å². The van der Waals surface area contributed by atoms with Gasteiger partial charge in [-0.3, -0.25) is 0 Å². The zero-order valence-electron chi connectivity index (χ0n) is 6.72. The van der Waals surface area contributed by atoms with Crippen LogP contribution in [0.3, 0.4) is 0 Å². The first-order valence-corrected chi connectivity index (χ1v) is 3.68. The molecule has 0 aromatic rings. The van der Waals surface area contributed by atoms with Gasteiger partial charge in [-0.15, -0.1) is 0 Å². The minimum Gasteiger partial charge on any atom is -0.358 e. The molecule has 0 saturated carbocycles. The van der Waals surface area contributed by atoms with Gasteiger partial charge in [-0.2, -0.15) is 0 Å². The van der Waals surface area contributed by atoms with Crippen molar-refractivity contribution >= 4 is 16.3 Å². The maximum Gasteiger partial charge on any atom is 0.231 e. The second-order valence-corrected chi connectivity index (χ2v) is 3.73. The monoisotopic (exact) mass is 163 g/mol. The summed E-state index contributed by atoms with van der Waals surface area (Å²) >= 11 is 0. The van der Waals surface area contributed by atoms with Gasteiger partial charge < -0.3 is 9.47 Å². The summed E-state index contributed by atoms with van der Waals surface area (Å²) in [5, 5.41) is 5.40. The van der Waals surface area contributed by atoms with Gasteiger partial charge in [0, 0.05) is 14.2 Å². The Balaban J connectivity index is 0. The van der Waals surface area contributed by atoms with Gasteiger partial charge in [-0.25, -0.2) is 10.2 Å². The lowest BCUT2D eigenvalue weighted by Gasteiger charge is -2.20. The third-order valence-corrected chi connectivity index (χ3v) is 1.80. The number of methoxy groups -OCH3 is 2. The van der Waals surface area contributed by atoms with E-state index in [2.05, 4.69) is 0 Å². The van der Waals surface area contributed by atoms with Crippen LogP contribution in [0.4, 0.5) is 0 Å². The van der Waals surface area contributed by atoms with Crippen molar-refractivity contribution in [1.29, 1.82) is 5.41 Å². The molecule has 1 N–H and O–H groups in total. The lowest BCUT2D eigenvalue weighted by Crippen LogP contribution is -2.29. The molecule has 0 bridgehead atoms. The summed E-state index contributed by atoms with van der Waals surface area (Å²) in [6, 6.07) is 0. The molecule has 0 amide bonds. The normalized spacial score (nSPS) is 9.50. The van der Waals surface area contributed by atoms with Crippen molar-refractivity contribution in [2.45, 2.75) is 12.3 Å². The minimum atomic E-state index is -0.278. The molecule has 0 rings (SSSR count). The van der Waals surface area contributed by atoms with Gasteiger partial charge in [0.25, 0.3) is 0 Å². The number of nitrogens with one attached hydrogen (secondary N) is 1. The fourth-order valence-electron chi connectivity index (χ4n) is 0.0833. The van der Waals surface area contributed by atoms with Crippen LogP contribution in [0.25, 0.3) is 0 Å². The Bertz CT molecular complexity index is 103. The van der Waals surface area contributed by atoms with E-state index in [-0.39, 0.29) is 5.41 Å². The van der Waals surface area contributed by atoms with Gasteiger partial charge in [0.2, 0.25) is 6.08 Å². The quantitative estimate of drug-likeness (QED) is 0.251. The molecule has 0 aromatic carbocycles. The average molecular weight is 163 g/mol. The number of carbonyl (C=O) groups excluding carboxylic acids is 1. The van der Waals surface area contributed by atoms with Crippen LogP contribution in [-0.2, 0) is 14.3 Å². The number of ether oxygens (including phenoxy) is 2. The molecule has 0 fully saturated rings. The van der Waals surface area contributed by atoms with E-state index in [1.54, 1.807) is 14.2 Å². The van der Waals surface area contributed by atoms with Crippen LogP contribution in [-0.4, -0.2) is 36.0 Å². The van der Waals surface area contributed by atoms with E-state index >= 15 is 0 Å². The summed E-state index contributed by atoms with van der Waals surface area (Å²) in [6.07, 6.45) is 0.750. The molecule has 0 aliphatic carbocycles. The maximum absolute atomic E-state index is 8.35. The largest absolute Gasteiger partial charge is 0.358 e. The molecule has 5 heteroatoms. The highest BCUT2D eigenvalue weighted by atomic mass is 28.1. The van der Waals surface area contributed by atoms with E-state index in [1.807, 2.05) is 6.92 Å². The predicted octanol–water partition coefficient (Wildman–Crippen LogP) is -0.781. The molecule has 0 heterocycles. The summed E-state index contributed by atoms with van der Waals surface area (Å²) in [6.45, 7) is 1.92. The summed E-state index contributed by atoms with van der Waals surface area (Å²) in [7, 11) is 4.20. The van der Waals surface area contributed by atoms with E-state index in [0.29, 0.717) is 0 Å². The smallest absolute Gasteiger partial charge is 0.231 e. The standard InChI is InChI=1S/C4H12O2Si.CHNO/c1-4(7,5-2)6-3;2-1-3/h1-3,7H3;2H. The van der Waals surface area contributed by atoms with Gasteiger partial charge in [-0.1, -0.05) is 0 Å². The third-order valence-electron chi connectivity index (χ3n) is 0.983. The lowest BCUT2D eigenvalue weighted by molar-refractivity contribution is -0.127. The van der Waals surface area contributed by atoms with Crippen molar-refractivity contribution in [3.05, 3.63) is 0 Å². The van der Waals surface area contributed by atoms with Crippen molar-refractivity contribution in [2.24, 2.45) is 0 Å². The van der Waals surface area contributed by atoms with Crippen LogP contribution in [0.2, 0.25) is 0 Å². The molecule has 0 aliphatic rings. The summed E-state index contributed by atoms with van der Waals surface area (Å²) in [5.74, 6) is 0. The molecule has 0 spiro atoms. The molecule has 0 atom stereocenters. The Hall–Kier alpha value is -0.483. The molecule has 0 aliphatic heterocycles. The van der Waals surface area contributed by atoms with Crippen LogP contribution in [0, 0.1) is 5.41 Å². The highest BCUT2D eigenvalue weighted by Gasteiger charge is 2.11. The highest BCUT2D eigenvalue weighted by Crippen LogP contribution is 2.00. The summed E-state index contributed by atoms with van der Waals surface area (Å²) in [4.78, 5) is 8.35. The second kappa shape index (κ2) is 6.63. The molecule has 0 radical (unpaired) electrons. The topological polar surface area (TPSA) is 59.4 Å². The predicted molar refractivity (Wildman–Crippen MR) is 40.8 cm³/mol. The Morgan fingerprint density at radius 3 is 1.70 bits per heavy atom.